The molecule has 110 valence electrons. The molecule has 20 heavy (non-hydrogen) atoms. The minimum absolute atomic E-state index is 0. The Hall–Kier alpha value is -0.887. The van der Waals surface area contributed by atoms with Crippen molar-refractivity contribution in [3.8, 4) is 0 Å². The van der Waals surface area contributed by atoms with Crippen LogP contribution in [0.2, 0.25) is 0 Å². The summed E-state index contributed by atoms with van der Waals surface area (Å²) >= 11 is 2.05. The minimum Gasteiger partial charge on any atom is -0.870 e. The van der Waals surface area contributed by atoms with Crippen LogP contribution in [0.4, 0.5) is 5.69 Å². The van der Waals surface area contributed by atoms with E-state index < -0.39 is 0 Å². The molecule has 0 spiro atoms. The summed E-state index contributed by atoms with van der Waals surface area (Å²) in [5.74, 6) is 0.182. The molecule has 1 fully saturated rings. The molecular formula is C14H21GeNO4. The second-order valence-electron chi connectivity index (χ2n) is 5.15. The fraction of sp³-hybridized carbons (Fsp3) is 0.500. The first-order valence-electron chi connectivity index (χ1n) is 6.23. The normalized spacial score (nSPS) is 15.9. The predicted molar refractivity (Wildman–Crippen MR) is 77.5 cm³/mol. The van der Waals surface area contributed by atoms with Gasteiger partial charge in [-0.2, -0.15) is 0 Å². The zero-order valence-corrected chi connectivity index (χ0v) is 13.7. The van der Waals surface area contributed by atoms with E-state index in [-0.39, 0.29) is 27.8 Å². The van der Waals surface area contributed by atoms with Gasteiger partial charge < -0.3 is 16.4 Å². The quantitative estimate of drug-likeness (QED) is 0.826. The molecule has 1 saturated carbocycles. The van der Waals surface area contributed by atoms with E-state index in [0.717, 1.165) is 18.5 Å². The molecule has 1 aliphatic rings. The number of hydrogen-bond donors (Lipinski definition) is 1. The number of nitrogens with one attached hydrogen (secondary N) is 1. The van der Waals surface area contributed by atoms with Crippen LogP contribution in [0.25, 0.3) is 0 Å². The van der Waals surface area contributed by atoms with E-state index in [2.05, 4.69) is 12.2 Å². The van der Waals surface area contributed by atoms with Crippen molar-refractivity contribution in [3.63, 3.8) is 0 Å². The van der Waals surface area contributed by atoms with Crippen molar-refractivity contribution in [2.45, 2.75) is 39.0 Å². The summed E-state index contributed by atoms with van der Waals surface area (Å²) < 4.78 is 1.21. The van der Waals surface area contributed by atoms with Crippen molar-refractivity contribution in [1.29, 1.82) is 0 Å². The van der Waals surface area contributed by atoms with Gasteiger partial charge in [0.1, 0.15) is 0 Å². The molecule has 0 atom stereocenters. The van der Waals surface area contributed by atoms with Gasteiger partial charge in [-0.05, 0) is 0 Å². The summed E-state index contributed by atoms with van der Waals surface area (Å²) in [6.07, 6.45) is 5.67. The standard InChI is InChI=1S/C14H18GeNO.3H2O/c1-14(9-3-2-4-10-14)13(17)16-12-7-5-11(15)6-8-12;;;/h5-8H,2-4,9-10H2,1H3,(H,16,17);3*1H2/q+3;;;/p-3. The van der Waals surface area contributed by atoms with Gasteiger partial charge in [0.05, 0.1) is 0 Å². The molecule has 0 aromatic heterocycles. The molecule has 0 saturated heterocycles. The van der Waals surface area contributed by atoms with Crippen molar-refractivity contribution in [1.82, 2.24) is 0 Å². The van der Waals surface area contributed by atoms with E-state index in [0.29, 0.717) is 0 Å². The first-order valence-corrected chi connectivity index (χ1v) is 7.28. The van der Waals surface area contributed by atoms with Crippen LogP contribution >= 0.6 is 0 Å². The average molecular weight is 340 g/mol. The number of anilines is 1. The van der Waals surface area contributed by atoms with E-state index in [9.17, 15) is 4.79 Å². The molecule has 1 aliphatic carbocycles. The zero-order valence-electron chi connectivity index (χ0n) is 11.6. The Labute approximate surface area is 128 Å². The minimum atomic E-state index is -0.164. The molecule has 4 N–H and O–H groups in total. The van der Waals surface area contributed by atoms with Gasteiger partial charge in [-0.25, -0.2) is 0 Å². The maximum Gasteiger partial charge on any atom is -0.870 e. The average Bonchev–Trinajstić information content (AvgIpc) is 2.33. The number of hydrogen-bond acceptors (Lipinski definition) is 4. The third-order valence-corrected chi connectivity index (χ3v) is 4.35. The molecule has 1 aromatic rings. The Morgan fingerprint density at radius 3 is 2.05 bits per heavy atom. The van der Waals surface area contributed by atoms with Crippen LogP contribution < -0.4 is 9.71 Å². The molecule has 2 rings (SSSR count). The Morgan fingerprint density at radius 1 is 1.05 bits per heavy atom. The summed E-state index contributed by atoms with van der Waals surface area (Å²) in [5.41, 5.74) is 0.746. The molecule has 5 nitrogen and oxygen atoms in total. The fourth-order valence-electron chi connectivity index (χ4n) is 2.39. The molecule has 0 aliphatic heterocycles. The van der Waals surface area contributed by atoms with Crippen molar-refractivity contribution in [2.75, 3.05) is 5.32 Å². The molecule has 0 bridgehead atoms. The number of rotatable bonds is 2. The fourth-order valence-corrected chi connectivity index (χ4v) is 2.74. The second-order valence-corrected chi connectivity index (χ2v) is 6.36. The first-order chi connectivity index (χ1) is 8.10. The van der Waals surface area contributed by atoms with Crippen LogP contribution in [0.1, 0.15) is 39.0 Å². The predicted octanol–water partition coefficient (Wildman–Crippen LogP) is 1.86. The van der Waals surface area contributed by atoms with Crippen LogP contribution in [0.15, 0.2) is 24.3 Å². The summed E-state index contributed by atoms with van der Waals surface area (Å²) in [7, 11) is 0. The smallest absolute Gasteiger partial charge is 0.870 e. The topological polar surface area (TPSA) is 119 Å². The number of carbonyl (C=O) groups is 1. The van der Waals surface area contributed by atoms with Crippen molar-refractivity contribution in [3.05, 3.63) is 24.3 Å². The van der Waals surface area contributed by atoms with E-state index >= 15 is 0 Å². The number of benzene rings is 1. The third kappa shape index (κ3) is 5.24. The van der Waals surface area contributed by atoms with E-state index in [1.807, 2.05) is 40.8 Å². The van der Waals surface area contributed by atoms with Crippen LogP contribution in [0, 0.1) is 5.41 Å². The van der Waals surface area contributed by atoms with Crippen LogP contribution in [0.5, 0.6) is 0 Å². The molecule has 6 heteroatoms. The van der Waals surface area contributed by atoms with Crippen molar-refractivity contribution < 1.29 is 21.2 Å². The summed E-state index contributed by atoms with van der Waals surface area (Å²) in [5, 5.41) is 3.04. The molecule has 1 aromatic carbocycles. The summed E-state index contributed by atoms with van der Waals surface area (Å²) in [4.78, 5) is 12.3. The second kappa shape index (κ2) is 9.12. The van der Waals surface area contributed by atoms with Gasteiger partial charge in [0.25, 0.3) is 0 Å². The number of amides is 1. The Morgan fingerprint density at radius 2 is 1.55 bits per heavy atom. The van der Waals surface area contributed by atoms with E-state index in [4.69, 9.17) is 0 Å². The Bertz CT molecular complexity index is 402. The van der Waals surface area contributed by atoms with Gasteiger partial charge in [0.2, 0.25) is 0 Å². The van der Waals surface area contributed by atoms with Gasteiger partial charge >= 0.3 is 111 Å². The van der Waals surface area contributed by atoms with E-state index in [1.54, 1.807) is 0 Å². The van der Waals surface area contributed by atoms with Gasteiger partial charge in [0.15, 0.2) is 0 Å². The molecule has 0 unspecified atom stereocenters. The van der Waals surface area contributed by atoms with Gasteiger partial charge in [-0.1, -0.05) is 0 Å². The largest absolute Gasteiger partial charge is 0.870 e. The van der Waals surface area contributed by atoms with Crippen molar-refractivity contribution in [2.24, 2.45) is 5.41 Å². The molecule has 0 heterocycles. The monoisotopic (exact) mass is 341 g/mol. The van der Waals surface area contributed by atoms with Crippen LogP contribution in [0.3, 0.4) is 0 Å². The SMILES string of the molecule is CC1(C(=O)Nc2cc[c]([Ge+3])cc2)CCCCC1.[OH-].[OH-].[OH-]. The van der Waals surface area contributed by atoms with Gasteiger partial charge in [-0.3, -0.25) is 0 Å². The summed E-state index contributed by atoms with van der Waals surface area (Å²) in [6.45, 7) is 2.09. The molecule has 1 amide bonds. The number of carbonyl (C=O) groups excluding carboxylic acids is 1. The van der Waals surface area contributed by atoms with E-state index in [1.165, 1.54) is 23.7 Å². The summed E-state index contributed by atoms with van der Waals surface area (Å²) in [6, 6.07) is 8.00. The van der Waals surface area contributed by atoms with Gasteiger partial charge in [-0.15, -0.1) is 0 Å². The molecule has 0 radical (unpaired) electrons. The zero-order chi connectivity index (χ0) is 12.3. The molecular weight excluding hydrogens is 319 g/mol. The first kappa shape index (κ1) is 21.4. The third-order valence-electron chi connectivity index (χ3n) is 3.65. The maximum absolute atomic E-state index is 12.3. The van der Waals surface area contributed by atoms with Crippen molar-refractivity contribution >= 4 is 32.5 Å². The Balaban J connectivity index is 0. The van der Waals surface area contributed by atoms with Gasteiger partial charge in [0, 0.05) is 0 Å². The van der Waals surface area contributed by atoms with Crippen LogP contribution in [-0.4, -0.2) is 38.8 Å². The Kier molecular flexibility index (Phi) is 9.77. The van der Waals surface area contributed by atoms with Crippen LogP contribution in [-0.2, 0) is 4.79 Å². The maximum atomic E-state index is 12.3.